The van der Waals surface area contributed by atoms with Crippen LogP contribution in [-0.2, 0) is 11.2 Å². The fourth-order valence-corrected chi connectivity index (χ4v) is 2.61. The number of hydrogen-bond donors (Lipinski definition) is 1. The molecular weight excluding hydrogens is 244 g/mol. The highest BCUT2D eigenvalue weighted by molar-refractivity contribution is 5.66. The molecule has 1 N–H and O–H groups in total. The molecule has 0 amide bonds. The summed E-state index contributed by atoms with van der Waals surface area (Å²) >= 11 is 0. The molecule has 1 aliphatic rings. The molecule has 0 bridgehead atoms. The molecule has 0 aromatic carbocycles. The Morgan fingerprint density at radius 1 is 1.16 bits per heavy atom. The lowest BCUT2D eigenvalue weighted by Gasteiger charge is -2.07. The summed E-state index contributed by atoms with van der Waals surface area (Å²) in [6, 6.07) is 0. The molecule has 19 heavy (non-hydrogen) atoms. The number of aromatic nitrogens is 2. The third-order valence-corrected chi connectivity index (χ3v) is 3.72. The zero-order valence-electron chi connectivity index (χ0n) is 11.3. The van der Waals surface area contributed by atoms with Crippen LogP contribution in [0.5, 0.6) is 0 Å². The van der Waals surface area contributed by atoms with E-state index in [1.165, 1.54) is 25.7 Å². The number of nitrogens with zero attached hydrogens (tertiary/aromatic N) is 2. The van der Waals surface area contributed by atoms with Gasteiger partial charge in [-0.3, -0.25) is 4.79 Å². The Balaban J connectivity index is 1.79. The topological polar surface area (TPSA) is 76.2 Å². The first-order chi connectivity index (χ1) is 9.25. The van der Waals surface area contributed by atoms with Crippen molar-refractivity contribution in [3.63, 3.8) is 0 Å². The minimum absolute atomic E-state index is 0.212. The molecule has 1 aromatic heterocycles. The third kappa shape index (κ3) is 4.65. The number of aliphatic carboxylic acids is 1. The zero-order chi connectivity index (χ0) is 13.5. The molecule has 0 unspecified atom stereocenters. The number of carbonyl (C=O) groups is 1. The quantitative estimate of drug-likeness (QED) is 0.631. The Bertz CT molecular complexity index is 395. The van der Waals surface area contributed by atoms with E-state index >= 15 is 0 Å². The van der Waals surface area contributed by atoms with Gasteiger partial charge in [-0.15, -0.1) is 10.2 Å². The summed E-state index contributed by atoms with van der Waals surface area (Å²) in [6.07, 6.45) is 9.79. The molecule has 1 aliphatic carbocycles. The second-order valence-corrected chi connectivity index (χ2v) is 5.32. The average Bonchev–Trinajstić information content (AvgIpc) is 2.68. The van der Waals surface area contributed by atoms with E-state index in [1.54, 1.807) is 0 Å². The second kappa shape index (κ2) is 7.26. The fourth-order valence-electron chi connectivity index (χ4n) is 2.61. The Morgan fingerprint density at radius 3 is 2.58 bits per heavy atom. The molecule has 2 rings (SSSR count). The van der Waals surface area contributed by atoms with Crippen LogP contribution in [-0.4, -0.2) is 21.3 Å². The Morgan fingerprint density at radius 2 is 1.89 bits per heavy atom. The number of carboxylic acid groups (broad SMARTS) is 1. The molecule has 0 radical (unpaired) electrons. The number of unbranched alkanes of at least 4 members (excludes halogenated alkanes) is 1. The van der Waals surface area contributed by atoms with Gasteiger partial charge in [0.15, 0.2) is 0 Å². The fraction of sp³-hybridized carbons (Fsp3) is 0.786. The van der Waals surface area contributed by atoms with E-state index in [1.807, 2.05) is 0 Å². The maximum absolute atomic E-state index is 10.4. The van der Waals surface area contributed by atoms with Crippen LogP contribution < -0.4 is 0 Å². The summed E-state index contributed by atoms with van der Waals surface area (Å²) in [4.78, 5) is 10.4. The first-order valence-corrected chi connectivity index (χ1v) is 7.30. The molecule has 106 valence electrons. The Labute approximate surface area is 113 Å². The lowest BCUT2D eigenvalue weighted by Crippen LogP contribution is -1.97. The van der Waals surface area contributed by atoms with Crippen molar-refractivity contribution < 1.29 is 14.3 Å². The summed E-state index contributed by atoms with van der Waals surface area (Å²) in [5.41, 5.74) is 0. The van der Waals surface area contributed by atoms with E-state index in [2.05, 4.69) is 10.2 Å². The predicted octanol–water partition coefficient (Wildman–Crippen LogP) is 3.30. The van der Waals surface area contributed by atoms with Crippen LogP contribution >= 0.6 is 0 Å². The van der Waals surface area contributed by atoms with Crippen LogP contribution in [0.15, 0.2) is 4.42 Å². The van der Waals surface area contributed by atoms with Gasteiger partial charge in [-0.25, -0.2) is 0 Å². The maximum Gasteiger partial charge on any atom is 0.303 e. The van der Waals surface area contributed by atoms with Crippen LogP contribution in [0.2, 0.25) is 0 Å². The first kappa shape index (κ1) is 14.0. The van der Waals surface area contributed by atoms with E-state index in [0.717, 1.165) is 25.2 Å². The van der Waals surface area contributed by atoms with E-state index < -0.39 is 5.97 Å². The van der Waals surface area contributed by atoms with Crippen LogP contribution in [0.4, 0.5) is 0 Å². The molecule has 1 heterocycles. The second-order valence-electron chi connectivity index (χ2n) is 5.32. The van der Waals surface area contributed by atoms with Crippen LogP contribution in [0.3, 0.4) is 0 Å². The summed E-state index contributed by atoms with van der Waals surface area (Å²) in [5.74, 6) is 1.13. The van der Waals surface area contributed by atoms with Crippen molar-refractivity contribution in [3.05, 3.63) is 11.8 Å². The minimum atomic E-state index is -0.746. The Kier molecular flexibility index (Phi) is 5.36. The predicted molar refractivity (Wildman–Crippen MR) is 69.9 cm³/mol. The van der Waals surface area contributed by atoms with Crippen LogP contribution in [0.25, 0.3) is 0 Å². The van der Waals surface area contributed by atoms with E-state index in [9.17, 15) is 4.79 Å². The third-order valence-electron chi connectivity index (χ3n) is 3.72. The molecule has 1 saturated carbocycles. The smallest absolute Gasteiger partial charge is 0.303 e. The van der Waals surface area contributed by atoms with E-state index in [0.29, 0.717) is 24.7 Å². The van der Waals surface area contributed by atoms with E-state index in [-0.39, 0.29) is 6.42 Å². The van der Waals surface area contributed by atoms with Crippen LogP contribution in [0.1, 0.15) is 75.5 Å². The van der Waals surface area contributed by atoms with Gasteiger partial charge in [-0.1, -0.05) is 25.7 Å². The SMILES string of the molecule is O=C(O)CCCCc1nnc(C2CCCCCC2)o1. The van der Waals surface area contributed by atoms with Gasteiger partial charge in [-0.2, -0.15) is 0 Å². The molecule has 0 spiro atoms. The van der Waals surface area contributed by atoms with Gasteiger partial charge in [-0.05, 0) is 25.7 Å². The molecule has 5 nitrogen and oxygen atoms in total. The van der Waals surface area contributed by atoms with Crippen molar-refractivity contribution in [1.29, 1.82) is 0 Å². The van der Waals surface area contributed by atoms with Gasteiger partial charge in [0.1, 0.15) is 0 Å². The lowest BCUT2D eigenvalue weighted by molar-refractivity contribution is -0.137. The minimum Gasteiger partial charge on any atom is -0.481 e. The van der Waals surface area contributed by atoms with Crippen molar-refractivity contribution >= 4 is 5.97 Å². The van der Waals surface area contributed by atoms with Crippen molar-refractivity contribution in [2.75, 3.05) is 0 Å². The normalized spacial score (nSPS) is 17.3. The standard InChI is InChI=1S/C14H22N2O3/c17-13(18)10-6-5-9-12-15-16-14(19-12)11-7-3-1-2-4-8-11/h11H,1-10H2,(H,17,18). The highest BCUT2D eigenvalue weighted by atomic mass is 16.4. The van der Waals surface area contributed by atoms with Crippen molar-refractivity contribution in [3.8, 4) is 0 Å². The van der Waals surface area contributed by atoms with E-state index in [4.69, 9.17) is 9.52 Å². The van der Waals surface area contributed by atoms with Gasteiger partial charge < -0.3 is 9.52 Å². The van der Waals surface area contributed by atoms with Gasteiger partial charge in [0.05, 0.1) is 0 Å². The molecule has 0 aliphatic heterocycles. The molecule has 1 aromatic rings. The van der Waals surface area contributed by atoms with Gasteiger partial charge in [0, 0.05) is 18.8 Å². The summed E-state index contributed by atoms with van der Waals surface area (Å²) in [6.45, 7) is 0. The average molecular weight is 266 g/mol. The summed E-state index contributed by atoms with van der Waals surface area (Å²) in [5, 5.41) is 16.8. The van der Waals surface area contributed by atoms with Crippen molar-refractivity contribution in [1.82, 2.24) is 10.2 Å². The molecule has 1 fully saturated rings. The van der Waals surface area contributed by atoms with Crippen LogP contribution in [0, 0.1) is 0 Å². The molecular formula is C14H22N2O3. The first-order valence-electron chi connectivity index (χ1n) is 7.30. The van der Waals surface area contributed by atoms with Gasteiger partial charge in [0.25, 0.3) is 0 Å². The number of hydrogen-bond acceptors (Lipinski definition) is 4. The summed E-state index contributed by atoms with van der Waals surface area (Å²) < 4.78 is 5.72. The Hall–Kier alpha value is -1.39. The number of carboxylic acids is 1. The number of rotatable bonds is 6. The van der Waals surface area contributed by atoms with Gasteiger partial charge in [0.2, 0.25) is 11.8 Å². The van der Waals surface area contributed by atoms with Gasteiger partial charge >= 0.3 is 5.97 Å². The van der Waals surface area contributed by atoms with Crippen molar-refractivity contribution in [2.45, 2.75) is 70.1 Å². The monoisotopic (exact) mass is 266 g/mol. The molecule has 5 heteroatoms. The van der Waals surface area contributed by atoms with Crippen molar-refractivity contribution in [2.24, 2.45) is 0 Å². The molecule has 0 saturated heterocycles. The molecule has 0 atom stereocenters. The zero-order valence-corrected chi connectivity index (χ0v) is 11.3. The highest BCUT2D eigenvalue weighted by Gasteiger charge is 2.20. The lowest BCUT2D eigenvalue weighted by atomic mass is 10.0. The largest absolute Gasteiger partial charge is 0.481 e. The maximum atomic E-state index is 10.4. The highest BCUT2D eigenvalue weighted by Crippen LogP contribution is 2.30. The summed E-state index contributed by atoms with van der Waals surface area (Å²) in [7, 11) is 0. The number of aryl methyl sites for hydroxylation is 1.